The van der Waals surface area contributed by atoms with Crippen LogP contribution in [-0.2, 0) is 10.3 Å². The summed E-state index contributed by atoms with van der Waals surface area (Å²) in [5.41, 5.74) is 0.0788. The number of hydrogen-bond donors (Lipinski definition) is 0. The van der Waals surface area contributed by atoms with Gasteiger partial charge in [0.15, 0.2) is 11.4 Å². The summed E-state index contributed by atoms with van der Waals surface area (Å²) < 4.78 is 27.9. The fraction of sp³-hybridized carbons (Fsp3) is 0.258. The first-order chi connectivity index (χ1) is 20.0. The lowest BCUT2D eigenvalue weighted by molar-refractivity contribution is -0.130. The van der Waals surface area contributed by atoms with E-state index in [9.17, 15) is 13.6 Å². The number of rotatable bonds is 8. The van der Waals surface area contributed by atoms with Crippen LogP contribution < -0.4 is 4.90 Å². The molecule has 8 nitrogen and oxygen atoms in total. The highest BCUT2D eigenvalue weighted by molar-refractivity contribution is 6.16. The molecule has 2 aliphatic heterocycles. The Morgan fingerprint density at radius 1 is 0.707 bits per heavy atom. The molecule has 1 saturated heterocycles. The lowest BCUT2D eigenvalue weighted by Crippen LogP contribution is -2.48. The molecule has 0 atom stereocenters. The van der Waals surface area contributed by atoms with Gasteiger partial charge in [-0.25, -0.2) is 23.7 Å². The third-order valence-corrected chi connectivity index (χ3v) is 7.57. The van der Waals surface area contributed by atoms with Crippen molar-refractivity contribution in [2.45, 2.75) is 12.0 Å². The third-order valence-electron chi connectivity index (χ3n) is 7.57. The number of amidine groups is 1. The SMILES string of the molecule is O=C1N(CCCN2CCN(c3ncccn3)CC2)C(c2ccccn2)=NC1(c1ccc(F)cc1)c1ccc(F)cc1. The Balaban J connectivity index is 1.26. The van der Waals surface area contributed by atoms with Crippen molar-refractivity contribution < 1.29 is 13.6 Å². The van der Waals surface area contributed by atoms with Gasteiger partial charge in [0.2, 0.25) is 5.95 Å². The van der Waals surface area contributed by atoms with E-state index >= 15 is 0 Å². The Morgan fingerprint density at radius 3 is 1.90 bits per heavy atom. The molecule has 4 heterocycles. The van der Waals surface area contributed by atoms with Crippen molar-refractivity contribution in [2.24, 2.45) is 4.99 Å². The van der Waals surface area contributed by atoms with Gasteiger partial charge in [-0.05, 0) is 66.6 Å². The van der Waals surface area contributed by atoms with Gasteiger partial charge in [0.25, 0.3) is 5.91 Å². The summed E-state index contributed by atoms with van der Waals surface area (Å²) in [6.45, 7) is 4.59. The molecule has 2 aromatic heterocycles. The standard InChI is InChI=1S/C31H29F2N7O/c32-25-10-6-23(7-11-25)31(24-8-12-26(33)13-9-24)29(41)40(28(37-31)27-5-1-2-14-34-27)18-4-17-38-19-21-39(22-20-38)30-35-15-3-16-36-30/h1-3,5-16H,4,17-22H2. The minimum Gasteiger partial charge on any atom is -0.338 e. The predicted octanol–water partition coefficient (Wildman–Crippen LogP) is 3.89. The lowest BCUT2D eigenvalue weighted by Gasteiger charge is -2.35. The van der Waals surface area contributed by atoms with Crippen LogP contribution in [0.4, 0.5) is 14.7 Å². The summed E-state index contributed by atoms with van der Waals surface area (Å²) in [5, 5.41) is 0. The maximum Gasteiger partial charge on any atom is 0.265 e. The van der Waals surface area contributed by atoms with E-state index in [1.54, 1.807) is 53.8 Å². The summed E-state index contributed by atoms with van der Waals surface area (Å²) in [6.07, 6.45) is 5.87. The second-order valence-electron chi connectivity index (χ2n) is 10.1. The number of benzene rings is 2. The topological polar surface area (TPSA) is 77.8 Å². The zero-order valence-corrected chi connectivity index (χ0v) is 22.4. The van der Waals surface area contributed by atoms with Crippen LogP contribution >= 0.6 is 0 Å². The minimum absolute atomic E-state index is 0.276. The van der Waals surface area contributed by atoms with Gasteiger partial charge in [-0.15, -0.1) is 0 Å². The van der Waals surface area contributed by atoms with Crippen LogP contribution in [0.15, 0.2) is 96.4 Å². The normalized spacial score (nSPS) is 17.1. The second-order valence-corrected chi connectivity index (χ2v) is 10.1. The maximum absolute atomic E-state index is 14.4. The molecule has 2 aliphatic rings. The van der Waals surface area contributed by atoms with Crippen molar-refractivity contribution in [3.8, 4) is 0 Å². The Morgan fingerprint density at radius 2 is 1.32 bits per heavy atom. The monoisotopic (exact) mass is 553 g/mol. The molecule has 0 bridgehead atoms. The number of anilines is 1. The fourth-order valence-corrected chi connectivity index (χ4v) is 5.46. The van der Waals surface area contributed by atoms with Crippen LogP contribution in [0.1, 0.15) is 23.2 Å². The summed E-state index contributed by atoms with van der Waals surface area (Å²) in [4.78, 5) is 38.8. The van der Waals surface area contributed by atoms with Crippen LogP contribution in [0.5, 0.6) is 0 Å². The molecule has 4 aromatic rings. The Kier molecular flexibility index (Phi) is 7.47. The van der Waals surface area contributed by atoms with Gasteiger partial charge in [0.1, 0.15) is 17.3 Å². The molecule has 41 heavy (non-hydrogen) atoms. The molecule has 6 rings (SSSR count). The highest BCUT2D eigenvalue weighted by atomic mass is 19.1. The number of piperazine rings is 1. The Hall–Kier alpha value is -4.57. The number of carbonyl (C=O) groups excluding carboxylic acids is 1. The third kappa shape index (κ3) is 5.30. The first kappa shape index (κ1) is 26.6. The van der Waals surface area contributed by atoms with Gasteiger partial charge in [0.05, 0.1) is 0 Å². The van der Waals surface area contributed by atoms with Crippen LogP contribution in [-0.4, -0.2) is 75.8 Å². The van der Waals surface area contributed by atoms with Crippen molar-refractivity contribution in [1.29, 1.82) is 0 Å². The molecule has 1 fully saturated rings. The Labute approximate surface area is 237 Å². The fourth-order valence-electron chi connectivity index (χ4n) is 5.46. The van der Waals surface area contributed by atoms with Crippen molar-refractivity contribution in [2.75, 3.05) is 44.2 Å². The predicted molar refractivity (Wildman–Crippen MR) is 151 cm³/mol. The maximum atomic E-state index is 14.4. The summed E-state index contributed by atoms with van der Waals surface area (Å²) in [7, 11) is 0. The number of aliphatic imine (C=N–C) groups is 1. The van der Waals surface area contributed by atoms with E-state index < -0.39 is 17.2 Å². The molecule has 0 saturated carbocycles. The molecule has 0 N–H and O–H groups in total. The number of hydrogen-bond acceptors (Lipinski definition) is 7. The molecule has 2 aromatic carbocycles. The van der Waals surface area contributed by atoms with Gasteiger partial charge >= 0.3 is 0 Å². The average Bonchev–Trinajstić information content (AvgIpc) is 3.32. The molecule has 0 radical (unpaired) electrons. The average molecular weight is 554 g/mol. The van der Waals surface area contributed by atoms with Gasteiger partial charge in [-0.3, -0.25) is 19.6 Å². The van der Waals surface area contributed by atoms with Crippen molar-refractivity contribution in [1.82, 2.24) is 24.8 Å². The zero-order chi connectivity index (χ0) is 28.2. The molecule has 0 aliphatic carbocycles. The van der Waals surface area contributed by atoms with E-state index in [1.807, 2.05) is 18.2 Å². The quantitative estimate of drug-likeness (QED) is 0.330. The molecular formula is C31H29F2N7O. The number of amides is 1. The summed E-state index contributed by atoms with van der Waals surface area (Å²) in [6, 6.07) is 18.8. The molecule has 10 heteroatoms. The first-order valence-electron chi connectivity index (χ1n) is 13.6. The van der Waals surface area contributed by atoms with Gasteiger partial charge in [0, 0.05) is 51.3 Å². The number of nitrogens with zero attached hydrogens (tertiary/aromatic N) is 7. The summed E-state index contributed by atoms with van der Waals surface area (Å²) >= 11 is 0. The van der Waals surface area contributed by atoms with E-state index in [-0.39, 0.29) is 5.91 Å². The number of pyridine rings is 1. The van der Waals surface area contributed by atoms with E-state index in [1.165, 1.54) is 24.3 Å². The second kappa shape index (κ2) is 11.5. The molecular weight excluding hydrogens is 524 g/mol. The van der Waals surface area contributed by atoms with Gasteiger partial charge < -0.3 is 4.90 Å². The number of carbonyl (C=O) groups is 1. The van der Waals surface area contributed by atoms with Crippen molar-refractivity contribution in [3.63, 3.8) is 0 Å². The zero-order valence-electron chi connectivity index (χ0n) is 22.4. The summed E-state index contributed by atoms with van der Waals surface area (Å²) in [5.74, 6) is 0.0676. The van der Waals surface area contributed by atoms with E-state index in [4.69, 9.17) is 4.99 Å². The van der Waals surface area contributed by atoms with E-state index in [0.717, 1.165) is 38.7 Å². The van der Waals surface area contributed by atoms with Crippen LogP contribution in [0.25, 0.3) is 0 Å². The minimum atomic E-state index is -1.49. The van der Waals surface area contributed by atoms with Gasteiger partial charge in [-0.2, -0.15) is 0 Å². The number of aromatic nitrogens is 3. The number of halogens is 2. The largest absolute Gasteiger partial charge is 0.338 e. The first-order valence-corrected chi connectivity index (χ1v) is 13.6. The lowest BCUT2D eigenvalue weighted by atomic mass is 9.82. The highest BCUT2D eigenvalue weighted by Gasteiger charge is 2.51. The van der Waals surface area contributed by atoms with E-state index in [2.05, 4.69) is 24.8 Å². The molecule has 208 valence electrons. The van der Waals surface area contributed by atoms with Gasteiger partial charge in [-0.1, -0.05) is 30.3 Å². The van der Waals surface area contributed by atoms with Crippen molar-refractivity contribution >= 4 is 17.7 Å². The molecule has 0 spiro atoms. The van der Waals surface area contributed by atoms with Crippen LogP contribution in [0.3, 0.4) is 0 Å². The van der Waals surface area contributed by atoms with Crippen LogP contribution in [0.2, 0.25) is 0 Å². The Bertz CT molecular complexity index is 1460. The van der Waals surface area contributed by atoms with Crippen LogP contribution in [0, 0.1) is 11.6 Å². The molecule has 0 unspecified atom stereocenters. The van der Waals surface area contributed by atoms with Crippen molar-refractivity contribution in [3.05, 3.63) is 120 Å². The smallest absolute Gasteiger partial charge is 0.265 e. The highest BCUT2D eigenvalue weighted by Crippen LogP contribution is 2.41. The molecule has 1 amide bonds. The van der Waals surface area contributed by atoms with E-state index in [0.29, 0.717) is 35.6 Å².